The van der Waals surface area contributed by atoms with E-state index in [-0.39, 0.29) is 26.9 Å². The monoisotopic (exact) mass is 478 g/mol. The van der Waals surface area contributed by atoms with Crippen LogP contribution in [0.3, 0.4) is 0 Å². The summed E-state index contributed by atoms with van der Waals surface area (Å²) < 4.78 is 4.40. The van der Waals surface area contributed by atoms with Gasteiger partial charge in [-0.25, -0.2) is 0 Å². The van der Waals surface area contributed by atoms with Gasteiger partial charge in [0.05, 0.1) is 11.3 Å². The first-order valence-electron chi connectivity index (χ1n) is 9.08. The fourth-order valence-corrected chi connectivity index (χ4v) is 5.36. The minimum absolute atomic E-state index is 0.0844. The Balaban J connectivity index is 1.71. The lowest BCUT2D eigenvalue weighted by Crippen LogP contribution is -2.58. The summed E-state index contributed by atoms with van der Waals surface area (Å²) in [6.07, 6.45) is 1.99. The van der Waals surface area contributed by atoms with Crippen LogP contribution in [0.5, 0.6) is 0 Å². The summed E-state index contributed by atoms with van der Waals surface area (Å²) in [5, 5.41) is 0.685. The molecule has 1 unspecified atom stereocenters. The summed E-state index contributed by atoms with van der Waals surface area (Å²) in [6, 6.07) is 10.7. The molecule has 30 heavy (non-hydrogen) atoms. The third kappa shape index (κ3) is 2.76. The number of pyridine rings is 1. The standard InChI is InChI=1S/C20H13Cl3N4O2S/c21-12-5-3-11(4-6-12)20-10-14-13(2-1-7-24-14)18(28)26(20)8-9-27(20)19(29)16-15(22)17(23)30-25-16/h1-7H,8-10H2. The van der Waals surface area contributed by atoms with Crippen LogP contribution < -0.4 is 0 Å². The molecule has 2 aliphatic rings. The molecule has 0 radical (unpaired) electrons. The van der Waals surface area contributed by atoms with Crippen molar-refractivity contribution in [3.05, 3.63) is 79.5 Å². The smallest absolute Gasteiger partial charge is 0.277 e. The second kappa shape index (κ2) is 7.20. The summed E-state index contributed by atoms with van der Waals surface area (Å²) in [4.78, 5) is 34.7. The van der Waals surface area contributed by atoms with Gasteiger partial charge in [0, 0.05) is 30.7 Å². The number of hydrogen-bond donors (Lipinski definition) is 0. The maximum absolute atomic E-state index is 13.5. The number of halogens is 3. The van der Waals surface area contributed by atoms with Gasteiger partial charge in [0.15, 0.2) is 5.69 Å². The van der Waals surface area contributed by atoms with Crippen molar-refractivity contribution in [1.82, 2.24) is 19.2 Å². The van der Waals surface area contributed by atoms with Crippen LogP contribution in [0.15, 0.2) is 42.6 Å². The van der Waals surface area contributed by atoms with Gasteiger partial charge < -0.3 is 9.80 Å². The number of fused-ring (bicyclic) bond motifs is 2. The Labute approximate surface area is 191 Å². The van der Waals surface area contributed by atoms with Crippen molar-refractivity contribution in [2.45, 2.75) is 12.1 Å². The zero-order valence-corrected chi connectivity index (χ0v) is 18.4. The van der Waals surface area contributed by atoms with E-state index in [1.807, 2.05) is 12.1 Å². The second-order valence-electron chi connectivity index (χ2n) is 7.03. The molecule has 1 saturated heterocycles. The largest absolute Gasteiger partial charge is 0.309 e. The Morgan fingerprint density at radius 3 is 2.57 bits per heavy atom. The van der Waals surface area contributed by atoms with E-state index in [0.29, 0.717) is 35.8 Å². The molecular formula is C20H13Cl3N4O2S. The number of hydrogen-bond acceptors (Lipinski definition) is 5. The third-order valence-electron chi connectivity index (χ3n) is 5.57. The lowest BCUT2D eigenvalue weighted by molar-refractivity contribution is 0.00682. The molecule has 152 valence electrons. The van der Waals surface area contributed by atoms with Crippen LogP contribution in [0.25, 0.3) is 0 Å². The van der Waals surface area contributed by atoms with Gasteiger partial charge in [-0.05, 0) is 41.4 Å². The number of carbonyl (C=O) groups is 2. The van der Waals surface area contributed by atoms with Crippen LogP contribution in [0.4, 0.5) is 0 Å². The Hall–Kier alpha value is -2.19. The van der Waals surface area contributed by atoms with Crippen LogP contribution in [-0.4, -0.2) is 44.1 Å². The zero-order valence-electron chi connectivity index (χ0n) is 15.3. The molecule has 4 heterocycles. The molecule has 2 amide bonds. The van der Waals surface area contributed by atoms with E-state index in [9.17, 15) is 9.59 Å². The minimum atomic E-state index is -1.06. The second-order valence-corrected chi connectivity index (χ2v) is 9.22. The maximum Gasteiger partial charge on any atom is 0.277 e. The van der Waals surface area contributed by atoms with E-state index in [2.05, 4.69) is 9.36 Å². The fraction of sp³-hybridized carbons (Fsp3) is 0.200. The number of benzene rings is 1. The first kappa shape index (κ1) is 19.8. The van der Waals surface area contributed by atoms with Crippen molar-refractivity contribution in [3.63, 3.8) is 0 Å². The highest BCUT2D eigenvalue weighted by Gasteiger charge is 2.56. The van der Waals surface area contributed by atoms with Gasteiger partial charge in [-0.1, -0.05) is 46.9 Å². The van der Waals surface area contributed by atoms with Crippen LogP contribution >= 0.6 is 46.3 Å². The number of carbonyl (C=O) groups excluding carboxylic acids is 2. The molecule has 2 aromatic heterocycles. The Morgan fingerprint density at radius 2 is 1.87 bits per heavy atom. The number of aromatic nitrogens is 2. The molecule has 10 heteroatoms. The van der Waals surface area contributed by atoms with Crippen molar-refractivity contribution in [2.75, 3.05) is 13.1 Å². The SMILES string of the molecule is O=C1c2cccnc2CC2(c3ccc(Cl)cc3)N1CCN2C(=O)c1nsc(Cl)c1Cl. The molecule has 3 aromatic rings. The van der Waals surface area contributed by atoms with E-state index in [1.165, 1.54) is 0 Å². The molecule has 0 bridgehead atoms. The van der Waals surface area contributed by atoms with Crippen LogP contribution in [-0.2, 0) is 12.1 Å². The van der Waals surface area contributed by atoms with E-state index in [1.54, 1.807) is 40.3 Å². The summed E-state index contributed by atoms with van der Waals surface area (Å²) in [5.41, 5.74) is 0.974. The Bertz CT molecular complexity index is 1180. The van der Waals surface area contributed by atoms with Crippen LogP contribution in [0.1, 0.15) is 32.1 Å². The van der Waals surface area contributed by atoms with Crippen molar-refractivity contribution >= 4 is 58.1 Å². The zero-order chi connectivity index (χ0) is 21.0. The molecule has 2 aliphatic heterocycles. The molecule has 0 spiro atoms. The highest BCUT2D eigenvalue weighted by atomic mass is 35.5. The average Bonchev–Trinajstić information content (AvgIpc) is 3.30. The predicted molar refractivity (Wildman–Crippen MR) is 115 cm³/mol. The lowest BCUT2D eigenvalue weighted by Gasteiger charge is -2.46. The molecule has 0 aliphatic carbocycles. The van der Waals surface area contributed by atoms with E-state index in [4.69, 9.17) is 34.8 Å². The highest BCUT2D eigenvalue weighted by Crippen LogP contribution is 2.45. The quantitative estimate of drug-likeness (QED) is 0.542. The first-order chi connectivity index (χ1) is 14.4. The third-order valence-corrected chi connectivity index (χ3v) is 7.43. The minimum Gasteiger partial charge on any atom is -0.309 e. The molecule has 1 aromatic carbocycles. The highest BCUT2D eigenvalue weighted by molar-refractivity contribution is 7.11. The van der Waals surface area contributed by atoms with Gasteiger partial charge in [0.2, 0.25) is 0 Å². The van der Waals surface area contributed by atoms with Crippen molar-refractivity contribution in [3.8, 4) is 0 Å². The molecule has 0 N–H and O–H groups in total. The molecule has 1 fully saturated rings. The van der Waals surface area contributed by atoms with E-state index < -0.39 is 5.66 Å². The fourth-order valence-electron chi connectivity index (χ4n) is 4.25. The Kier molecular flexibility index (Phi) is 4.74. The lowest BCUT2D eigenvalue weighted by atomic mass is 9.86. The van der Waals surface area contributed by atoms with Gasteiger partial charge in [-0.15, -0.1) is 0 Å². The van der Waals surface area contributed by atoms with Gasteiger partial charge in [-0.2, -0.15) is 4.37 Å². The van der Waals surface area contributed by atoms with Gasteiger partial charge in [-0.3, -0.25) is 14.6 Å². The van der Waals surface area contributed by atoms with E-state index in [0.717, 1.165) is 17.1 Å². The van der Waals surface area contributed by atoms with Gasteiger partial charge >= 0.3 is 0 Å². The molecule has 0 saturated carbocycles. The molecular weight excluding hydrogens is 467 g/mol. The predicted octanol–water partition coefficient (Wildman–Crippen LogP) is 4.51. The van der Waals surface area contributed by atoms with Gasteiger partial charge in [0.1, 0.15) is 15.0 Å². The van der Waals surface area contributed by atoms with Crippen LogP contribution in [0, 0.1) is 0 Å². The summed E-state index contributed by atoms with van der Waals surface area (Å²) in [5.74, 6) is -0.551. The van der Waals surface area contributed by atoms with Crippen molar-refractivity contribution in [1.29, 1.82) is 0 Å². The first-order valence-corrected chi connectivity index (χ1v) is 11.0. The molecule has 1 atom stereocenters. The number of nitrogens with zero attached hydrogens (tertiary/aromatic N) is 4. The van der Waals surface area contributed by atoms with E-state index >= 15 is 0 Å². The van der Waals surface area contributed by atoms with Gasteiger partial charge in [0.25, 0.3) is 11.8 Å². The topological polar surface area (TPSA) is 66.4 Å². The number of rotatable bonds is 2. The molecule has 5 rings (SSSR count). The Morgan fingerprint density at radius 1 is 1.10 bits per heavy atom. The maximum atomic E-state index is 13.5. The summed E-state index contributed by atoms with van der Waals surface area (Å²) in [6.45, 7) is 0.698. The summed E-state index contributed by atoms with van der Waals surface area (Å²) >= 11 is 19.3. The summed E-state index contributed by atoms with van der Waals surface area (Å²) in [7, 11) is 0. The van der Waals surface area contributed by atoms with Crippen LogP contribution in [0.2, 0.25) is 14.4 Å². The normalized spacial score (nSPS) is 20.3. The van der Waals surface area contributed by atoms with Crippen molar-refractivity contribution in [2.24, 2.45) is 0 Å². The molecule has 6 nitrogen and oxygen atoms in total. The average molecular weight is 480 g/mol. The van der Waals surface area contributed by atoms with Crippen molar-refractivity contribution < 1.29 is 9.59 Å². The number of amides is 2.